The van der Waals surface area contributed by atoms with Gasteiger partial charge in [-0.2, -0.15) is 0 Å². The molecule has 21 heavy (non-hydrogen) atoms. The molecule has 112 valence electrons. The van der Waals surface area contributed by atoms with Gasteiger partial charge in [-0.25, -0.2) is 0 Å². The molecule has 3 rings (SSSR count). The smallest absolute Gasteiger partial charge is 0.245 e. The van der Waals surface area contributed by atoms with Crippen LogP contribution in [0.15, 0.2) is 24.3 Å². The number of hydrogen-bond donors (Lipinski definition) is 1. The maximum atomic E-state index is 13.0. The lowest BCUT2D eigenvalue weighted by molar-refractivity contribution is -0.150. The summed E-state index contributed by atoms with van der Waals surface area (Å²) in [4.78, 5) is 26.7. The normalized spacial score (nSPS) is 23.8. The van der Waals surface area contributed by atoms with Gasteiger partial charge >= 0.3 is 0 Å². The van der Waals surface area contributed by atoms with E-state index >= 15 is 0 Å². The third-order valence-electron chi connectivity index (χ3n) is 4.37. The lowest BCUT2D eigenvalue weighted by Gasteiger charge is -2.43. The Morgan fingerprint density at radius 1 is 1.38 bits per heavy atom. The lowest BCUT2D eigenvalue weighted by Crippen LogP contribution is -2.64. The van der Waals surface area contributed by atoms with E-state index in [0.717, 1.165) is 11.3 Å². The van der Waals surface area contributed by atoms with Crippen LogP contribution in [0.1, 0.15) is 31.7 Å². The lowest BCUT2D eigenvalue weighted by atomic mass is 9.89. The maximum absolute atomic E-state index is 13.0. The van der Waals surface area contributed by atoms with Crippen LogP contribution in [-0.4, -0.2) is 41.9 Å². The highest BCUT2D eigenvalue weighted by atomic mass is 16.5. The Balaban J connectivity index is 1.91. The Hall–Kier alpha value is -2.04. The first-order valence-corrected chi connectivity index (χ1v) is 7.33. The zero-order valence-corrected chi connectivity index (χ0v) is 12.4. The second kappa shape index (κ2) is 5.06. The molecule has 1 fully saturated rings. The molecule has 0 aromatic heterocycles. The molecule has 1 aromatic carbocycles. The van der Waals surface area contributed by atoms with E-state index in [9.17, 15) is 9.59 Å². The fourth-order valence-electron chi connectivity index (χ4n) is 3.07. The van der Waals surface area contributed by atoms with Gasteiger partial charge < -0.3 is 15.0 Å². The SMILES string of the molecule is CC1(C)C(=O)NCCN1C(=O)C1CCOc2ccccc21. The summed E-state index contributed by atoms with van der Waals surface area (Å²) >= 11 is 0. The zero-order valence-electron chi connectivity index (χ0n) is 12.4. The van der Waals surface area contributed by atoms with Gasteiger partial charge in [0.2, 0.25) is 11.8 Å². The molecule has 1 saturated heterocycles. The molecule has 0 bridgehead atoms. The summed E-state index contributed by atoms with van der Waals surface area (Å²) in [5.41, 5.74) is 0.123. The number of amides is 2. The van der Waals surface area contributed by atoms with Crippen LogP contribution in [0, 0.1) is 0 Å². The second-order valence-electron chi connectivity index (χ2n) is 6.03. The van der Waals surface area contributed by atoms with Crippen molar-refractivity contribution in [2.24, 2.45) is 0 Å². The third kappa shape index (κ3) is 2.26. The van der Waals surface area contributed by atoms with Gasteiger partial charge in [-0.15, -0.1) is 0 Å². The molecule has 1 N–H and O–H groups in total. The van der Waals surface area contributed by atoms with Crippen molar-refractivity contribution < 1.29 is 14.3 Å². The number of nitrogens with one attached hydrogen (secondary N) is 1. The fraction of sp³-hybridized carbons (Fsp3) is 0.500. The van der Waals surface area contributed by atoms with Crippen LogP contribution in [0.25, 0.3) is 0 Å². The molecular formula is C16H20N2O3. The van der Waals surface area contributed by atoms with Crippen molar-refractivity contribution in [3.05, 3.63) is 29.8 Å². The van der Waals surface area contributed by atoms with Gasteiger partial charge in [0.1, 0.15) is 11.3 Å². The standard InChI is InChI=1S/C16H20N2O3/c1-16(2)15(20)17-8-9-18(16)14(19)12-7-10-21-13-6-4-3-5-11(12)13/h3-6,12H,7-10H2,1-2H3,(H,17,20). The molecule has 5 heteroatoms. The topological polar surface area (TPSA) is 58.6 Å². The van der Waals surface area contributed by atoms with Gasteiger partial charge in [0.15, 0.2) is 0 Å². The molecule has 2 aliphatic heterocycles. The van der Waals surface area contributed by atoms with Gasteiger partial charge in [-0.1, -0.05) is 18.2 Å². The summed E-state index contributed by atoms with van der Waals surface area (Å²) in [6.07, 6.45) is 0.657. The van der Waals surface area contributed by atoms with Crippen molar-refractivity contribution in [1.29, 1.82) is 0 Å². The van der Waals surface area contributed by atoms with E-state index in [1.165, 1.54) is 0 Å². The van der Waals surface area contributed by atoms with Crippen LogP contribution in [0.5, 0.6) is 5.75 Å². The highest BCUT2D eigenvalue weighted by Gasteiger charge is 2.43. The number of nitrogens with zero attached hydrogens (tertiary/aromatic N) is 1. The number of piperazine rings is 1. The number of para-hydroxylation sites is 1. The fourth-order valence-corrected chi connectivity index (χ4v) is 3.07. The van der Waals surface area contributed by atoms with E-state index in [0.29, 0.717) is 26.1 Å². The Morgan fingerprint density at radius 2 is 2.14 bits per heavy atom. The molecule has 2 heterocycles. The van der Waals surface area contributed by atoms with E-state index in [4.69, 9.17) is 4.74 Å². The quantitative estimate of drug-likeness (QED) is 0.847. The first kappa shape index (κ1) is 13.9. The van der Waals surface area contributed by atoms with Gasteiger partial charge in [-0.3, -0.25) is 9.59 Å². The highest BCUT2D eigenvalue weighted by molar-refractivity contribution is 5.94. The molecule has 1 aromatic rings. The number of hydrogen-bond acceptors (Lipinski definition) is 3. The van der Waals surface area contributed by atoms with Crippen molar-refractivity contribution in [2.45, 2.75) is 31.7 Å². The van der Waals surface area contributed by atoms with Crippen LogP contribution < -0.4 is 10.1 Å². The van der Waals surface area contributed by atoms with Crippen molar-refractivity contribution in [1.82, 2.24) is 10.2 Å². The third-order valence-corrected chi connectivity index (χ3v) is 4.37. The monoisotopic (exact) mass is 288 g/mol. The summed E-state index contributed by atoms with van der Waals surface area (Å²) in [6.45, 7) is 5.19. The van der Waals surface area contributed by atoms with Crippen LogP contribution in [0.4, 0.5) is 0 Å². The minimum absolute atomic E-state index is 0.0191. The first-order valence-electron chi connectivity index (χ1n) is 7.33. The minimum atomic E-state index is -0.803. The number of ether oxygens (including phenoxy) is 1. The van der Waals surface area contributed by atoms with E-state index in [2.05, 4.69) is 5.32 Å². The Labute approximate surface area is 124 Å². The van der Waals surface area contributed by atoms with Crippen LogP contribution in [0.2, 0.25) is 0 Å². The van der Waals surface area contributed by atoms with Gasteiger partial charge in [0.05, 0.1) is 12.5 Å². The van der Waals surface area contributed by atoms with Gasteiger partial charge in [0, 0.05) is 18.7 Å². The van der Waals surface area contributed by atoms with E-state index in [1.54, 1.807) is 18.7 Å². The van der Waals surface area contributed by atoms with Crippen molar-refractivity contribution in [3.63, 3.8) is 0 Å². The molecule has 1 atom stereocenters. The number of fused-ring (bicyclic) bond motifs is 1. The number of carbonyl (C=O) groups is 2. The van der Waals surface area contributed by atoms with E-state index < -0.39 is 5.54 Å². The molecule has 0 radical (unpaired) electrons. The predicted octanol–water partition coefficient (Wildman–Crippen LogP) is 1.29. The average molecular weight is 288 g/mol. The number of carbonyl (C=O) groups excluding carboxylic acids is 2. The summed E-state index contributed by atoms with van der Waals surface area (Å²) in [7, 11) is 0. The summed E-state index contributed by atoms with van der Waals surface area (Å²) in [5.74, 6) is 0.481. The Kier molecular flexibility index (Phi) is 3.35. The molecule has 2 aliphatic rings. The predicted molar refractivity (Wildman–Crippen MR) is 78.1 cm³/mol. The molecule has 0 spiro atoms. The van der Waals surface area contributed by atoms with Crippen molar-refractivity contribution >= 4 is 11.8 Å². The summed E-state index contributed by atoms with van der Waals surface area (Å²) < 4.78 is 5.61. The zero-order chi connectivity index (χ0) is 15.0. The molecule has 5 nitrogen and oxygen atoms in total. The summed E-state index contributed by atoms with van der Waals surface area (Å²) in [5, 5.41) is 2.82. The summed E-state index contributed by atoms with van der Waals surface area (Å²) in [6, 6.07) is 7.66. The molecule has 1 unspecified atom stereocenters. The number of rotatable bonds is 1. The molecule has 0 saturated carbocycles. The van der Waals surface area contributed by atoms with Crippen molar-refractivity contribution in [3.8, 4) is 5.75 Å². The highest BCUT2D eigenvalue weighted by Crippen LogP contribution is 2.36. The van der Waals surface area contributed by atoms with Crippen LogP contribution in [0.3, 0.4) is 0 Å². The molecular weight excluding hydrogens is 268 g/mol. The Morgan fingerprint density at radius 3 is 2.95 bits per heavy atom. The number of benzene rings is 1. The van der Waals surface area contributed by atoms with E-state index in [1.807, 2.05) is 24.3 Å². The average Bonchev–Trinajstić information content (AvgIpc) is 2.49. The minimum Gasteiger partial charge on any atom is -0.493 e. The van der Waals surface area contributed by atoms with Crippen molar-refractivity contribution in [2.75, 3.05) is 19.7 Å². The molecule has 0 aliphatic carbocycles. The van der Waals surface area contributed by atoms with E-state index in [-0.39, 0.29) is 17.7 Å². The molecule has 2 amide bonds. The van der Waals surface area contributed by atoms with Gasteiger partial charge in [0.25, 0.3) is 0 Å². The Bertz CT molecular complexity index is 583. The maximum Gasteiger partial charge on any atom is 0.245 e. The first-order chi connectivity index (χ1) is 10.0. The van der Waals surface area contributed by atoms with Crippen LogP contribution >= 0.6 is 0 Å². The van der Waals surface area contributed by atoms with Gasteiger partial charge in [-0.05, 0) is 26.3 Å². The van der Waals surface area contributed by atoms with Crippen LogP contribution in [-0.2, 0) is 9.59 Å². The second-order valence-corrected chi connectivity index (χ2v) is 6.03. The largest absolute Gasteiger partial charge is 0.493 e.